The number of hydrogen-bond donors (Lipinski definition) is 1. The molecule has 27 heavy (non-hydrogen) atoms. The molecule has 8 heteroatoms. The third-order valence-corrected chi connectivity index (χ3v) is 4.51. The lowest BCUT2D eigenvalue weighted by molar-refractivity contribution is -0.132. The van der Waals surface area contributed by atoms with Crippen molar-refractivity contribution < 1.29 is 4.79 Å². The van der Waals surface area contributed by atoms with Crippen LogP contribution in [0.15, 0.2) is 61.3 Å². The average molecular weight is 363 g/mol. The first kappa shape index (κ1) is 17.0. The molecule has 4 heterocycles. The SMILES string of the molecule is O=C(Cn1cccc1)N1CCN(c2cc(Nc3ccccn3)ncn2)CC1. The highest BCUT2D eigenvalue weighted by molar-refractivity contribution is 5.76. The molecule has 8 nitrogen and oxygen atoms in total. The van der Waals surface area contributed by atoms with Crippen LogP contribution in [0.4, 0.5) is 17.5 Å². The van der Waals surface area contributed by atoms with Gasteiger partial charge in [-0.25, -0.2) is 15.0 Å². The molecule has 0 unspecified atom stereocenters. The van der Waals surface area contributed by atoms with Gasteiger partial charge in [-0.2, -0.15) is 0 Å². The predicted octanol–water partition coefficient (Wildman–Crippen LogP) is 1.77. The Bertz CT molecular complexity index is 874. The molecule has 4 rings (SSSR count). The molecule has 0 atom stereocenters. The Labute approximate surface area is 157 Å². The van der Waals surface area contributed by atoms with Gasteiger partial charge in [0.15, 0.2) is 0 Å². The summed E-state index contributed by atoms with van der Waals surface area (Å²) in [7, 11) is 0. The highest BCUT2D eigenvalue weighted by Crippen LogP contribution is 2.18. The molecule has 0 radical (unpaired) electrons. The molecule has 138 valence electrons. The number of carbonyl (C=O) groups excluding carboxylic acids is 1. The maximum atomic E-state index is 12.4. The van der Waals surface area contributed by atoms with E-state index in [9.17, 15) is 4.79 Å². The van der Waals surface area contributed by atoms with Crippen LogP contribution in [0.3, 0.4) is 0 Å². The summed E-state index contributed by atoms with van der Waals surface area (Å²) in [5.41, 5.74) is 0. The first-order valence-corrected chi connectivity index (χ1v) is 8.91. The Morgan fingerprint density at radius 3 is 2.52 bits per heavy atom. The van der Waals surface area contributed by atoms with Crippen molar-refractivity contribution in [3.8, 4) is 0 Å². The minimum Gasteiger partial charge on any atom is -0.353 e. The molecule has 1 N–H and O–H groups in total. The van der Waals surface area contributed by atoms with E-state index >= 15 is 0 Å². The van der Waals surface area contributed by atoms with Crippen LogP contribution in [0.25, 0.3) is 0 Å². The maximum absolute atomic E-state index is 12.4. The van der Waals surface area contributed by atoms with Crippen molar-refractivity contribution in [1.29, 1.82) is 0 Å². The molecule has 0 saturated carbocycles. The largest absolute Gasteiger partial charge is 0.353 e. The molecule has 0 spiro atoms. The van der Waals surface area contributed by atoms with Crippen molar-refractivity contribution in [2.75, 3.05) is 36.4 Å². The van der Waals surface area contributed by atoms with Gasteiger partial charge in [-0.3, -0.25) is 4.79 Å². The zero-order valence-electron chi connectivity index (χ0n) is 14.9. The number of hydrogen-bond acceptors (Lipinski definition) is 6. The number of carbonyl (C=O) groups is 1. The lowest BCUT2D eigenvalue weighted by Gasteiger charge is -2.35. The van der Waals surface area contributed by atoms with Gasteiger partial charge >= 0.3 is 0 Å². The highest BCUT2D eigenvalue weighted by atomic mass is 16.2. The van der Waals surface area contributed by atoms with Crippen LogP contribution in [-0.2, 0) is 11.3 Å². The van der Waals surface area contributed by atoms with Crippen LogP contribution < -0.4 is 10.2 Å². The number of amides is 1. The summed E-state index contributed by atoms with van der Waals surface area (Å²) in [6, 6.07) is 11.4. The fourth-order valence-corrected chi connectivity index (χ4v) is 3.07. The highest BCUT2D eigenvalue weighted by Gasteiger charge is 2.22. The maximum Gasteiger partial charge on any atom is 0.242 e. The Morgan fingerprint density at radius 2 is 1.78 bits per heavy atom. The Kier molecular flexibility index (Phi) is 4.95. The van der Waals surface area contributed by atoms with E-state index in [-0.39, 0.29) is 5.91 Å². The second-order valence-corrected chi connectivity index (χ2v) is 6.32. The predicted molar refractivity (Wildman–Crippen MR) is 103 cm³/mol. The molecule has 1 saturated heterocycles. The van der Waals surface area contributed by atoms with Gasteiger partial charge in [0.25, 0.3) is 0 Å². The number of pyridine rings is 1. The number of aromatic nitrogens is 4. The lowest BCUT2D eigenvalue weighted by Crippen LogP contribution is -2.49. The molecular formula is C19H21N7O. The Balaban J connectivity index is 1.35. The fraction of sp³-hybridized carbons (Fsp3) is 0.263. The van der Waals surface area contributed by atoms with E-state index < -0.39 is 0 Å². The van der Waals surface area contributed by atoms with Gasteiger partial charge in [-0.15, -0.1) is 0 Å². The van der Waals surface area contributed by atoms with Crippen LogP contribution in [-0.4, -0.2) is 56.5 Å². The van der Waals surface area contributed by atoms with Gasteiger partial charge in [0.05, 0.1) is 0 Å². The Hall–Kier alpha value is -3.42. The Morgan fingerprint density at radius 1 is 0.963 bits per heavy atom. The van der Waals surface area contributed by atoms with Crippen molar-refractivity contribution in [3.63, 3.8) is 0 Å². The number of nitrogens with one attached hydrogen (secondary N) is 1. The van der Waals surface area contributed by atoms with E-state index in [0.29, 0.717) is 25.5 Å². The molecule has 1 amide bonds. The zero-order chi connectivity index (χ0) is 18.5. The molecule has 1 aliphatic heterocycles. The summed E-state index contributed by atoms with van der Waals surface area (Å²) in [5.74, 6) is 2.43. The third kappa shape index (κ3) is 4.22. The minimum absolute atomic E-state index is 0.144. The standard InChI is InChI=1S/C19H21N7O/c27-19(14-24-7-3-4-8-24)26-11-9-25(10-12-26)18-13-17(21-15-22-18)23-16-5-1-2-6-20-16/h1-8,13,15H,9-12,14H2,(H,20,21,22,23). The van der Waals surface area contributed by atoms with Gasteiger partial charge in [0, 0.05) is 50.8 Å². The van der Waals surface area contributed by atoms with Gasteiger partial charge in [-0.05, 0) is 24.3 Å². The number of anilines is 3. The van der Waals surface area contributed by atoms with Crippen molar-refractivity contribution in [1.82, 2.24) is 24.4 Å². The summed E-state index contributed by atoms with van der Waals surface area (Å²) in [6.07, 6.45) is 7.09. The summed E-state index contributed by atoms with van der Waals surface area (Å²) < 4.78 is 1.90. The molecule has 3 aromatic rings. The second kappa shape index (κ2) is 7.86. The van der Waals surface area contributed by atoms with Crippen LogP contribution >= 0.6 is 0 Å². The summed E-state index contributed by atoms with van der Waals surface area (Å²) in [5, 5.41) is 3.18. The quantitative estimate of drug-likeness (QED) is 0.744. The summed E-state index contributed by atoms with van der Waals surface area (Å²) in [6.45, 7) is 3.26. The van der Waals surface area contributed by atoms with Crippen LogP contribution in [0.5, 0.6) is 0 Å². The normalized spacial score (nSPS) is 14.2. The van der Waals surface area contributed by atoms with E-state index in [1.54, 1.807) is 12.5 Å². The van der Waals surface area contributed by atoms with Crippen LogP contribution in [0, 0.1) is 0 Å². The topological polar surface area (TPSA) is 79.2 Å². The smallest absolute Gasteiger partial charge is 0.242 e. The monoisotopic (exact) mass is 363 g/mol. The van der Waals surface area contributed by atoms with E-state index in [4.69, 9.17) is 0 Å². The van der Waals surface area contributed by atoms with Crippen molar-refractivity contribution in [2.45, 2.75) is 6.54 Å². The molecule has 1 aliphatic rings. The number of rotatable bonds is 5. The zero-order valence-corrected chi connectivity index (χ0v) is 14.9. The molecule has 1 fully saturated rings. The van der Waals surface area contributed by atoms with E-state index in [1.165, 1.54) is 0 Å². The van der Waals surface area contributed by atoms with Crippen molar-refractivity contribution in [3.05, 3.63) is 61.3 Å². The van der Waals surface area contributed by atoms with E-state index in [0.717, 1.165) is 24.7 Å². The summed E-state index contributed by atoms with van der Waals surface area (Å²) >= 11 is 0. The fourth-order valence-electron chi connectivity index (χ4n) is 3.07. The van der Waals surface area contributed by atoms with Gasteiger partial charge < -0.3 is 19.7 Å². The van der Waals surface area contributed by atoms with Gasteiger partial charge in [0.1, 0.15) is 30.3 Å². The van der Waals surface area contributed by atoms with Crippen LogP contribution in [0.1, 0.15) is 0 Å². The van der Waals surface area contributed by atoms with Crippen molar-refractivity contribution >= 4 is 23.4 Å². The van der Waals surface area contributed by atoms with E-state index in [1.807, 2.05) is 58.3 Å². The molecule has 0 aliphatic carbocycles. The first-order valence-electron chi connectivity index (χ1n) is 8.91. The van der Waals surface area contributed by atoms with Crippen LogP contribution in [0.2, 0.25) is 0 Å². The second-order valence-electron chi connectivity index (χ2n) is 6.32. The summed E-state index contributed by atoms with van der Waals surface area (Å²) in [4.78, 5) is 29.4. The lowest BCUT2D eigenvalue weighted by atomic mass is 10.3. The first-order chi connectivity index (χ1) is 13.3. The average Bonchev–Trinajstić information content (AvgIpc) is 3.22. The van der Waals surface area contributed by atoms with Crippen molar-refractivity contribution in [2.24, 2.45) is 0 Å². The molecule has 0 bridgehead atoms. The molecular weight excluding hydrogens is 342 g/mol. The molecule has 0 aromatic carbocycles. The minimum atomic E-state index is 0.144. The molecule has 3 aromatic heterocycles. The third-order valence-electron chi connectivity index (χ3n) is 4.51. The number of nitrogens with zero attached hydrogens (tertiary/aromatic N) is 6. The number of piperazine rings is 1. The van der Waals surface area contributed by atoms with Gasteiger partial charge in [-0.1, -0.05) is 6.07 Å². The van der Waals surface area contributed by atoms with Gasteiger partial charge in [0.2, 0.25) is 5.91 Å². The van der Waals surface area contributed by atoms with E-state index in [2.05, 4.69) is 25.2 Å².